The molecule has 0 spiro atoms. The molecule has 0 fully saturated rings. The van der Waals surface area contributed by atoms with Crippen LogP contribution in [0.3, 0.4) is 0 Å². The van der Waals surface area contributed by atoms with Gasteiger partial charge in [0.15, 0.2) is 0 Å². The van der Waals surface area contributed by atoms with Gasteiger partial charge >= 0.3 is 0 Å². The van der Waals surface area contributed by atoms with Crippen LogP contribution in [-0.2, 0) is 0 Å². The van der Waals surface area contributed by atoms with Crippen molar-refractivity contribution >= 4 is 27.3 Å². The predicted molar refractivity (Wildman–Crippen MR) is 84.4 cm³/mol. The lowest BCUT2D eigenvalue weighted by Gasteiger charge is -2.08. The van der Waals surface area contributed by atoms with Crippen LogP contribution in [0.1, 0.15) is 35.0 Å². The molecular formula is C16H21NO2S. The zero-order valence-electron chi connectivity index (χ0n) is 12.0. The van der Waals surface area contributed by atoms with E-state index in [9.17, 15) is 4.79 Å². The Morgan fingerprint density at radius 3 is 2.85 bits per heavy atom. The Morgan fingerprint density at radius 1 is 1.40 bits per heavy atom. The molecule has 1 heterocycles. The van der Waals surface area contributed by atoms with E-state index in [-0.39, 0.29) is 12.5 Å². The van der Waals surface area contributed by atoms with Crippen molar-refractivity contribution in [2.45, 2.75) is 26.7 Å². The molecule has 0 saturated carbocycles. The normalized spacial score (nSPS) is 12.6. The van der Waals surface area contributed by atoms with Crippen molar-refractivity contribution in [1.29, 1.82) is 0 Å². The van der Waals surface area contributed by atoms with Crippen LogP contribution < -0.4 is 5.32 Å². The molecule has 0 aliphatic carbocycles. The molecule has 20 heavy (non-hydrogen) atoms. The molecule has 2 rings (SSSR count). The van der Waals surface area contributed by atoms with Crippen LogP contribution >= 0.6 is 11.3 Å². The maximum atomic E-state index is 12.2. The minimum absolute atomic E-state index is 0.0142. The van der Waals surface area contributed by atoms with Crippen molar-refractivity contribution in [2.75, 3.05) is 13.2 Å². The summed E-state index contributed by atoms with van der Waals surface area (Å²) < 4.78 is 1.16. The first kappa shape index (κ1) is 15.0. The first-order valence-corrected chi connectivity index (χ1v) is 7.82. The molecule has 0 bridgehead atoms. The van der Waals surface area contributed by atoms with Gasteiger partial charge in [0.2, 0.25) is 0 Å². The van der Waals surface area contributed by atoms with Crippen molar-refractivity contribution < 1.29 is 9.90 Å². The third-order valence-electron chi connectivity index (χ3n) is 3.52. The molecule has 1 aromatic carbocycles. The Bertz CT molecular complexity index is 591. The van der Waals surface area contributed by atoms with E-state index in [4.69, 9.17) is 5.11 Å². The van der Waals surface area contributed by atoms with Crippen LogP contribution in [0.2, 0.25) is 0 Å². The number of carbonyl (C=O) groups excluding carboxylic acids is 1. The van der Waals surface area contributed by atoms with Crippen molar-refractivity contribution in [3.8, 4) is 0 Å². The van der Waals surface area contributed by atoms with E-state index in [1.165, 1.54) is 0 Å². The molecule has 108 valence electrons. The van der Waals surface area contributed by atoms with Crippen LogP contribution in [-0.4, -0.2) is 24.2 Å². The Hall–Kier alpha value is -1.39. The third-order valence-corrected chi connectivity index (χ3v) is 4.79. The molecule has 0 radical (unpaired) electrons. The standard InChI is InChI=1S/C16H21NO2S/c1-11(10-18)6-5-9-17-16(19)15-12(2)13-7-3-4-8-14(13)20-15/h3-4,7-8,11,18H,5-6,9-10H2,1-2H3,(H,17,19). The largest absolute Gasteiger partial charge is 0.396 e. The first-order valence-electron chi connectivity index (χ1n) is 7.00. The highest BCUT2D eigenvalue weighted by atomic mass is 32.1. The molecule has 0 aliphatic rings. The van der Waals surface area contributed by atoms with E-state index in [2.05, 4.69) is 11.4 Å². The monoisotopic (exact) mass is 291 g/mol. The smallest absolute Gasteiger partial charge is 0.261 e. The summed E-state index contributed by atoms with van der Waals surface area (Å²) in [4.78, 5) is 13.0. The zero-order chi connectivity index (χ0) is 14.5. The van der Waals surface area contributed by atoms with Gasteiger partial charge in [-0.15, -0.1) is 11.3 Å². The topological polar surface area (TPSA) is 49.3 Å². The summed E-state index contributed by atoms with van der Waals surface area (Å²) in [6, 6.07) is 8.10. The summed E-state index contributed by atoms with van der Waals surface area (Å²) in [5.41, 5.74) is 1.06. The van der Waals surface area contributed by atoms with Gasteiger partial charge in [0.25, 0.3) is 5.91 Å². The molecule has 2 N–H and O–H groups in total. The SMILES string of the molecule is Cc1c(C(=O)NCCCC(C)CO)sc2ccccc12. The second-order valence-electron chi connectivity index (χ2n) is 5.24. The van der Waals surface area contributed by atoms with E-state index < -0.39 is 0 Å². The molecule has 2 aromatic rings. The van der Waals surface area contributed by atoms with Gasteiger partial charge in [-0.1, -0.05) is 25.1 Å². The van der Waals surface area contributed by atoms with Gasteiger partial charge < -0.3 is 10.4 Å². The molecule has 0 aliphatic heterocycles. The molecular weight excluding hydrogens is 270 g/mol. The van der Waals surface area contributed by atoms with Gasteiger partial charge in [-0.25, -0.2) is 0 Å². The Balaban J connectivity index is 1.96. The highest BCUT2D eigenvalue weighted by Gasteiger charge is 2.14. The number of nitrogens with one attached hydrogen (secondary N) is 1. The molecule has 0 saturated heterocycles. The number of thiophene rings is 1. The fourth-order valence-corrected chi connectivity index (χ4v) is 3.34. The van der Waals surface area contributed by atoms with Crippen LogP contribution in [0.4, 0.5) is 0 Å². The number of carbonyl (C=O) groups is 1. The van der Waals surface area contributed by atoms with Gasteiger partial charge in [-0.3, -0.25) is 4.79 Å². The van der Waals surface area contributed by atoms with Gasteiger partial charge in [0.05, 0.1) is 4.88 Å². The van der Waals surface area contributed by atoms with E-state index in [0.29, 0.717) is 12.5 Å². The molecule has 1 amide bonds. The number of aryl methyl sites for hydroxylation is 1. The van der Waals surface area contributed by atoms with Gasteiger partial charge in [-0.05, 0) is 42.7 Å². The highest BCUT2D eigenvalue weighted by molar-refractivity contribution is 7.21. The van der Waals surface area contributed by atoms with Gasteiger partial charge in [0.1, 0.15) is 0 Å². The number of fused-ring (bicyclic) bond motifs is 1. The zero-order valence-corrected chi connectivity index (χ0v) is 12.8. The Morgan fingerprint density at radius 2 is 2.15 bits per heavy atom. The summed E-state index contributed by atoms with van der Waals surface area (Å²) in [5.74, 6) is 0.318. The lowest BCUT2D eigenvalue weighted by Crippen LogP contribution is -2.24. The first-order chi connectivity index (χ1) is 9.63. The second-order valence-corrected chi connectivity index (χ2v) is 6.29. The third kappa shape index (κ3) is 3.38. The van der Waals surface area contributed by atoms with Crippen LogP contribution in [0.5, 0.6) is 0 Å². The van der Waals surface area contributed by atoms with E-state index >= 15 is 0 Å². The lowest BCUT2D eigenvalue weighted by molar-refractivity contribution is 0.0955. The second kappa shape index (κ2) is 6.86. The average molecular weight is 291 g/mol. The van der Waals surface area contributed by atoms with Crippen molar-refractivity contribution in [3.05, 3.63) is 34.7 Å². The number of aliphatic hydroxyl groups is 1. The van der Waals surface area contributed by atoms with Gasteiger partial charge in [-0.2, -0.15) is 0 Å². The minimum atomic E-state index is 0.0142. The summed E-state index contributed by atoms with van der Waals surface area (Å²) in [5, 5.41) is 13.1. The van der Waals surface area contributed by atoms with Crippen LogP contribution in [0.25, 0.3) is 10.1 Å². The Kier molecular flexibility index (Phi) is 5.15. The number of aliphatic hydroxyl groups excluding tert-OH is 1. The maximum Gasteiger partial charge on any atom is 0.261 e. The van der Waals surface area contributed by atoms with Crippen LogP contribution in [0, 0.1) is 12.8 Å². The van der Waals surface area contributed by atoms with Crippen molar-refractivity contribution in [3.63, 3.8) is 0 Å². The summed E-state index contributed by atoms with van der Waals surface area (Å²) >= 11 is 1.55. The molecule has 1 unspecified atom stereocenters. The minimum Gasteiger partial charge on any atom is -0.396 e. The predicted octanol–water partition coefficient (Wildman–Crippen LogP) is 3.35. The van der Waals surface area contributed by atoms with Crippen molar-refractivity contribution in [2.24, 2.45) is 5.92 Å². The van der Waals surface area contributed by atoms with Crippen LogP contribution in [0.15, 0.2) is 24.3 Å². The Labute approximate surface area is 123 Å². The average Bonchev–Trinajstić information content (AvgIpc) is 2.81. The van der Waals surface area contributed by atoms with E-state index in [1.54, 1.807) is 11.3 Å². The molecule has 1 aromatic heterocycles. The molecule has 4 heteroatoms. The number of benzene rings is 1. The number of rotatable bonds is 6. The molecule has 1 atom stereocenters. The fourth-order valence-electron chi connectivity index (χ4n) is 2.21. The number of hydrogen-bond acceptors (Lipinski definition) is 3. The quantitative estimate of drug-likeness (QED) is 0.802. The highest BCUT2D eigenvalue weighted by Crippen LogP contribution is 2.30. The van der Waals surface area contributed by atoms with E-state index in [1.807, 2.05) is 32.0 Å². The number of hydrogen-bond donors (Lipinski definition) is 2. The van der Waals surface area contributed by atoms with Gasteiger partial charge in [0, 0.05) is 17.9 Å². The lowest BCUT2D eigenvalue weighted by atomic mass is 10.1. The summed E-state index contributed by atoms with van der Waals surface area (Å²) in [6.07, 6.45) is 1.83. The summed E-state index contributed by atoms with van der Waals surface area (Å²) in [7, 11) is 0. The maximum absolute atomic E-state index is 12.2. The molecule has 3 nitrogen and oxygen atoms in total. The summed E-state index contributed by atoms with van der Waals surface area (Å²) in [6.45, 7) is 4.89. The van der Waals surface area contributed by atoms with E-state index in [0.717, 1.165) is 33.4 Å². The fraction of sp³-hybridized carbons (Fsp3) is 0.438. The number of amides is 1. The van der Waals surface area contributed by atoms with Crippen molar-refractivity contribution in [1.82, 2.24) is 5.32 Å².